The summed E-state index contributed by atoms with van der Waals surface area (Å²) in [5.41, 5.74) is 3.08. The van der Waals surface area contributed by atoms with Crippen molar-refractivity contribution in [2.75, 3.05) is 17.2 Å². The molecule has 0 bridgehead atoms. The first kappa shape index (κ1) is 26.8. The van der Waals surface area contributed by atoms with Crippen molar-refractivity contribution in [3.05, 3.63) is 95.0 Å². The first-order valence-corrected chi connectivity index (χ1v) is 13.5. The number of hydrogen-bond acceptors (Lipinski definition) is 10. The molecule has 42 heavy (non-hydrogen) atoms. The number of aliphatic hydroxyl groups excluding tert-OH is 1. The fourth-order valence-corrected chi connectivity index (χ4v) is 4.84. The summed E-state index contributed by atoms with van der Waals surface area (Å²) in [6, 6.07) is 20.0. The lowest BCUT2D eigenvalue weighted by molar-refractivity contribution is 0.276. The molecule has 0 fully saturated rings. The molecular weight excluding hydrogens is 534 g/mol. The highest BCUT2D eigenvalue weighted by molar-refractivity contribution is 5.79. The Morgan fingerprint density at radius 2 is 1.74 bits per heavy atom. The molecule has 212 valence electrons. The number of nitrogens with one attached hydrogen (secondary N) is 2. The van der Waals surface area contributed by atoms with E-state index in [2.05, 4.69) is 30.8 Å². The van der Waals surface area contributed by atoms with Crippen LogP contribution < -0.4 is 16.2 Å². The molecule has 0 aliphatic carbocycles. The Bertz CT molecular complexity index is 1900. The van der Waals surface area contributed by atoms with Crippen molar-refractivity contribution in [3.63, 3.8) is 0 Å². The van der Waals surface area contributed by atoms with Crippen LogP contribution in [-0.4, -0.2) is 46.2 Å². The Morgan fingerprint density at radius 3 is 2.48 bits per heavy atom. The van der Waals surface area contributed by atoms with Gasteiger partial charge in [-0.2, -0.15) is 0 Å². The van der Waals surface area contributed by atoms with Gasteiger partial charge in [0.05, 0.1) is 29.3 Å². The number of rotatable bonds is 9. The van der Waals surface area contributed by atoms with Crippen molar-refractivity contribution in [2.45, 2.75) is 25.9 Å². The molecule has 0 aliphatic heterocycles. The first-order chi connectivity index (χ1) is 20.4. The van der Waals surface area contributed by atoms with Crippen molar-refractivity contribution in [1.82, 2.24) is 34.5 Å². The van der Waals surface area contributed by atoms with Crippen molar-refractivity contribution in [1.29, 1.82) is 0 Å². The monoisotopic (exact) mass is 563 g/mol. The molecule has 6 rings (SSSR count). The van der Waals surface area contributed by atoms with Crippen LogP contribution in [-0.2, 0) is 7.05 Å². The van der Waals surface area contributed by atoms with E-state index in [4.69, 9.17) is 9.40 Å². The molecule has 0 saturated heterocycles. The molecule has 1 aromatic carbocycles. The summed E-state index contributed by atoms with van der Waals surface area (Å²) in [7, 11) is 1.73. The van der Waals surface area contributed by atoms with Crippen molar-refractivity contribution in [2.24, 2.45) is 7.05 Å². The van der Waals surface area contributed by atoms with Gasteiger partial charge in [0, 0.05) is 31.5 Å². The van der Waals surface area contributed by atoms with Gasteiger partial charge in [0.1, 0.15) is 17.3 Å². The Kier molecular flexibility index (Phi) is 7.19. The molecule has 0 spiro atoms. The minimum atomic E-state index is -0.419. The Labute approximate surface area is 240 Å². The average Bonchev–Trinajstić information content (AvgIpc) is 3.60. The zero-order valence-electron chi connectivity index (χ0n) is 23.3. The number of nitrogens with zero attached hydrogens (tertiary/aromatic N) is 7. The van der Waals surface area contributed by atoms with E-state index in [1.165, 1.54) is 0 Å². The SMILES string of the molecule is CC(C)n1c2nc(Nc3cc(N[C@H](CO)c4ccccc4)c(-c4nnc(-c5ccccn5)o4)cn3)ccc2c(=O)n1C. The highest BCUT2D eigenvalue weighted by atomic mass is 16.4. The minimum Gasteiger partial charge on any atom is -0.414 e. The van der Waals surface area contributed by atoms with Crippen LogP contribution in [0.1, 0.15) is 31.5 Å². The predicted octanol–water partition coefficient (Wildman–Crippen LogP) is 4.71. The number of aromatic nitrogens is 7. The van der Waals surface area contributed by atoms with Gasteiger partial charge in [-0.05, 0) is 43.7 Å². The maximum atomic E-state index is 12.7. The predicted molar refractivity (Wildman–Crippen MR) is 159 cm³/mol. The van der Waals surface area contributed by atoms with E-state index in [1.807, 2.05) is 61.0 Å². The summed E-state index contributed by atoms with van der Waals surface area (Å²) in [5.74, 6) is 1.52. The van der Waals surface area contributed by atoms with E-state index in [0.29, 0.717) is 39.6 Å². The van der Waals surface area contributed by atoms with Crippen molar-refractivity contribution >= 4 is 28.4 Å². The molecule has 5 aromatic heterocycles. The van der Waals surface area contributed by atoms with Gasteiger partial charge in [-0.1, -0.05) is 36.4 Å². The highest BCUT2D eigenvalue weighted by Crippen LogP contribution is 2.33. The van der Waals surface area contributed by atoms with Crippen LogP contribution in [0.15, 0.2) is 88.3 Å². The normalized spacial score (nSPS) is 12.1. The second-order valence-electron chi connectivity index (χ2n) is 9.99. The fourth-order valence-electron chi connectivity index (χ4n) is 4.84. The zero-order chi connectivity index (χ0) is 29.2. The molecular formula is C30H29N9O3. The maximum Gasteiger partial charge on any atom is 0.275 e. The van der Waals surface area contributed by atoms with Gasteiger partial charge in [0.2, 0.25) is 0 Å². The van der Waals surface area contributed by atoms with E-state index in [1.54, 1.807) is 48.4 Å². The summed E-state index contributed by atoms with van der Waals surface area (Å²) in [6.07, 6.45) is 3.27. The zero-order valence-corrected chi connectivity index (χ0v) is 23.3. The molecule has 1 atom stereocenters. The third kappa shape index (κ3) is 5.10. The molecule has 0 aliphatic rings. The third-order valence-corrected chi connectivity index (χ3v) is 6.84. The Hall–Kier alpha value is -5.36. The highest BCUT2D eigenvalue weighted by Gasteiger charge is 2.20. The van der Waals surface area contributed by atoms with E-state index < -0.39 is 6.04 Å². The van der Waals surface area contributed by atoms with Crippen LogP contribution in [0.25, 0.3) is 34.1 Å². The molecule has 0 unspecified atom stereocenters. The van der Waals surface area contributed by atoms with Crippen molar-refractivity contribution < 1.29 is 9.52 Å². The van der Waals surface area contributed by atoms with Gasteiger partial charge in [0.25, 0.3) is 17.3 Å². The van der Waals surface area contributed by atoms with E-state index in [9.17, 15) is 9.90 Å². The van der Waals surface area contributed by atoms with E-state index in [0.717, 1.165) is 5.56 Å². The third-order valence-electron chi connectivity index (χ3n) is 6.84. The standard InChI is InChI=1S/C30H29N9O3/c1-18(2)39-27-20(30(41)38(39)3)12-13-25(35-27)34-26-15-23(33-24(17-40)19-9-5-4-6-10-19)21(16-32-26)28-36-37-29(42-28)22-11-7-8-14-31-22/h4-16,18,24,40H,17H2,1-3H3,(H2,32,33,34,35)/t24-/m1/s1. The van der Waals surface area contributed by atoms with Crippen LogP contribution in [0.5, 0.6) is 0 Å². The summed E-state index contributed by atoms with van der Waals surface area (Å²) in [5, 5.41) is 25.9. The van der Waals surface area contributed by atoms with Gasteiger partial charge < -0.3 is 20.2 Å². The largest absolute Gasteiger partial charge is 0.414 e. The van der Waals surface area contributed by atoms with Crippen LogP contribution in [0.2, 0.25) is 0 Å². The quantitative estimate of drug-likeness (QED) is 0.226. The fraction of sp³-hybridized carbons (Fsp3) is 0.200. The number of hydrogen-bond donors (Lipinski definition) is 3. The van der Waals surface area contributed by atoms with Crippen LogP contribution in [0, 0.1) is 0 Å². The molecule has 12 nitrogen and oxygen atoms in total. The van der Waals surface area contributed by atoms with E-state index in [-0.39, 0.29) is 30.0 Å². The van der Waals surface area contributed by atoms with Crippen LogP contribution >= 0.6 is 0 Å². The number of fused-ring (bicyclic) bond motifs is 1. The minimum absolute atomic E-state index is 0.0370. The first-order valence-electron chi connectivity index (χ1n) is 13.5. The lowest BCUT2D eigenvalue weighted by atomic mass is 10.1. The molecule has 0 saturated carbocycles. The van der Waals surface area contributed by atoms with E-state index >= 15 is 0 Å². The van der Waals surface area contributed by atoms with Gasteiger partial charge in [0.15, 0.2) is 5.65 Å². The van der Waals surface area contributed by atoms with Gasteiger partial charge in [-0.3, -0.25) is 19.1 Å². The second-order valence-corrected chi connectivity index (χ2v) is 9.99. The lowest BCUT2D eigenvalue weighted by Crippen LogP contribution is -2.20. The molecule has 3 N–H and O–H groups in total. The summed E-state index contributed by atoms with van der Waals surface area (Å²) in [4.78, 5) is 26.3. The average molecular weight is 564 g/mol. The summed E-state index contributed by atoms with van der Waals surface area (Å²) in [6.45, 7) is 3.84. The lowest BCUT2D eigenvalue weighted by Gasteiger charge is -2.20. The number of anilines is 3. The Balaban J connectivity index is 1.39. The molecule has 12 heteroatoms. The summed E-state index contributed by atoms with van der Waals surface area (Å²) >= 11 is 0. The van der Waals surface area contributed by atoms with Crippen molar-refractivity contribution in [3.8, 4) is 23.0 Å². The smallest absolute Gasteiger partial charge is 0.275 e. The number of pyridine rings is 3. The molecule has 5 heterocycles. The Morgan fingerprint density at radius 1 is 0.952 bits per heavy atom. The summed E-state index contributed by atoms with van der Waals surface area (Å²) < 4.78 is 9.40. The second kappa shape index (κ2) is 11.3. The molecule has 6 aromatic rings. The number of benzene rings is 1. The van der Waals surface area contributed by atoms with Crippen LogP contribution in [0.4, 0.5) is 17.3 Å². The van der Waals surface area contributed by atoms with Gasteiger partial charge >= 0.3 is 0 Å². The molecule has 0 radical (unpaired) electrons. The van der Waals surface area contributed by atoms with Gasteiger partial charge in [-0.25, -0.2) is 9.97 Å². The molecule has 0 amide bonds. The maximum absolute atomic E-state index is 12.7. The topological polar surface area (TPSA) is 149 Å². The number of aliphatic hydroxyl groups is 1. The van der Waals surface area contributed by atoms with Gasteiger partial charge in [-0.15, -0.1) is 10.2 Å². The van der Waals surface area contributed by atoms with Crippen LogP contribution in [0.3, 0.4) is 0 Å².